The molecule has 0 aromatic rings. The number of ether oxygens (including phenoxy) is 1. The molecule has 3 heteroatoms. The quantitative estimate of drug-likeness (QED) is 0.621. The van der Waals surface area contributed by atoms with Crippen LogP contribution in [0.2, 0.25) is 0 Å². The van der Waals surface area contributed by atoms with Gasteiger partial charge in [-0.2, -0.15) is 0 Å². The lowest BCUT2D eigenvalue weighted by molar-refractivity contribution is -0.147. The SMILES string of the molecule is CC(C)CC(C)OC(=O)CN. The molecule has 0 spiro atoms. The molecule has 0 aliphatic carbocycles. The Morgan fingerprint density at radius 2 is 2.00 bits per heavy atom. The van der Waals surface area contributed by atoms with Crippen molar-refractivity contribution in [2.45, 2.75) is 33.3 Å². The summed E-state index contributed by atoms with van der Waals surface area (Å²) in [6.07, 6.45) is 0.886. The third-order valence-electron chi connectivity index (χ3n) is 1.30. The van der Waals surface area contributed by atoms with Gasteiger partial charge in [-0.15, -0.1) is 0 Å². The molecule has 0 radical (unpaired) electrons. The van der Waals surface area contributed by atoms with Crippen LogP contribution in [0.15, 0.2) is 0 Å². The number of rotatable bonds is 4. The minimum atomic E-state index is -0.321. The van der Waals surface area contributed by atoms with Crippen molar-refractivity contribution in [3.63, 3.8) is 0 Å². The van der Waals surface area contributed by atoms with Crippen molar-refractivity contribution in [2.75, 3.05) is 6.54 Å². The topological polar surface area (TPSA) is 52.3 Å². The van der Waals surface area contributed by atoms with E-state index in [1.807, 2.05) is 6.92 Å². The Kier molecular flexibility index (Phi) is 4.86. The predicted molar refractivity (Wildman–Crippen MR) is 44.1 cm³/mol. The third-order valence-corrected chi connectivity index (χ3v) is 1.30. The summed E-state index contributed by atoms with van der Waals surface area (Å²) < 4.78 is 4.95. The average molecular weight is 159 g/mol. The number of carbonyl (C=O) groups is 1. The fourth-order valence-corrected chi connectivity index (χ4v) is 0.984. The molecule has 1 unspecified atom stereocenters. The van der Waals surface area contributed by atoms with Crippen molar-refractivity contribution in [1.29, 1.82) is 0 Å². The van der Waals surface area contributed by atoms with E-state index in [1.54, 1.807) is 0 Å². The molecule has 0 bridgehead atoms. The lowest BCUT2D eigenvalue weighted by Crippen LogP contribution is -2.23. The average Bonchev–Trinajstić information content (AvgIpc) is 1.85. The second-order valence-corrected chi connectivity index (χ2v) is 3.13. The van der Waals surface area contributed by atoms with Crippen molar-refractivity contribution in [3.8, 4) is 0 Å². The van der Waals surface area contributed by atoms with E-state index in [1.165, 1.54) is 0 Å². The fourth-order valence-electron chi connectivity index (χ4n) is 0.984. The monoisotopic (exact) mass is 159 g/mol. The Morgan fingerprint density at radius 1 is 1.45 bits per heavy atom. The van der Waals surface area contributed by atoms with Crippen LogP contribution in [-0.4, -0.2) is 18.6 Å². The first-order valence-corrected chi connectivity index (χ1v) is 3.95. The first-order chi connectivity index (χ1) is 5.06. The molecule has 0 saturated carbocycles. The number of esters is 1. The molecule has 1 atom stereocenters. The zero-order valence-corrected chi connectivity index (χ0v) is 7.46. The zero-order chi connectivity index (χ0) is 8.85. The summed E-state index contributed by atoms with van der Waals surface area (Å²) in [7, 11) is 0. The van der Waals surface area contributed by atoms with Gasteiger partial charge in [-0.05, 0) is 19.3 Å². The minimum absolute atomic E-state index is 0.00829. The number of hydrogen-bond donors (Lipinski definition) is 1. The summed E-state index contributed by atoms with van der Waals surface area (Å²) in [6, 6.07) is 0. The smallest absolute Gasteiger partial charge is 0.319 e. The first-order valence-electron chi connectivity index (χ1n) is 3.95. The van der Waals surface area contributed by atoms with Gasteiger partial charge < -0.3 is 10.5 Å². The van der Waals surface area contributed by atoms with Gasteiger partial charge in [-0.25, -0.2) is 0 Å². The summed E-state index contributed by atoms with van der Waals surface area (Å²) in [5.41, 5.74) is 5.08. The van der Waals surface area contributed by atoms with E-state index in [4.69, 9.17) is 10.5 Å². The van der Waals surface area contributed by atoms with Crippen LogP contribution >= 0.6 is 0 Å². The van der Waals surface area contributed by atoms with Crippen LogP contribution in [-0.2, 0) is 9.53 Å². The van der Waals surface area contributed by atoms with Crippen LogP contribution < -0.4 is 5.73 Å². The molecule has 0 amide bonds. The van der Waals surface area contributed by atoms with E-state index >= 15 is 0 Å². The molecular formula is C8H17NO2. The maximum atomic E-state index is 10.7. The standard InChI is InChI=1S/C8H17NO2/c1-6(2)4-7(3)11-8(10)5-9/h6-7H,4-5,9H2,1-3H3. The summed E-state index contributed by atoms with van der Waals surface area (Å²) >= 11 is 0. The van der Waals surface area contributed by atoms with Gasteiger partial charge in [0.2, 0.25) is 0 Å². The van der Waals surface area contributed by atoms with Gasteiger partial charge in [-0.1, -0.05) is 13.8 Å². The normalized spacial score (nSPS) is 13.2. The van der Waals surface area contributed by atoms with E-state index in [2.05, 4.69) is 13.8 Å². The van der Waals surface area contributed by atoms with Gasteiger partial charge in [-0.3, -0.25) is 4.79 Å². The molecule has 3 nitrogen and oxygen atoms in total. The number of carbonyl (C=O) groups excluding carboxylic acids is 1. The highest BCUT2D eigenvalue weighted by molar-refractivity contribution is 5.71. The summed E-state index contributed by atoms with van der Waals surface area (Å²) in [4.78, 5) is 10.7. The maximum Gasteiger partial charge on any atom is 0.319 e. The summed E-state index contributed by atoms with van der Waals surface area (Å²) in [5, 5.41) is 0. The van der Waals surface area contributed by atoms with Crippen LogP contribution in [0.25, 0.3) is 0 Å². The van der Waals surface area contributed by atoms with Crippen molar-refractivity contribution < 1.29 is 9.53 Å². The summed E-state index contributed by atoms with van der Waals surface area (Å²) in [5.74, 6) is 0.230. The number of hydrogen-bond acceptors (Lipinski definition) is 3. The molecule has 0 fully saturated rings. The van der Waals surface area contributed by atoms with Crippen LogP contribution in [0.1, 0.15) is 27.2 Å². The second kappa shape index (κ2) is 5.13. The molecule has 66 valence electrons. The second-order valence-electron chi connectivity index (χ2n) is 3.13. The molecular weight excluding hydrogens is 142 g/mol. The molecule has 0 aromatic heterocycles. The van der Waals surface area contributed by atoms with Crippen LogP contribution in [0.4, 0.5) is 0 Å². The molecule has 2 N–H and O–H groups in total. The Labute approximate surface area is 67.9 Å². The van der Waals surface area contributed by atoms with E-state index in [0.717, 1.165) is 6.42 Å². The Balaban J connectivity index is 3.51. The van der Waals surface area contributed by atoms with E-state index < -0.39 is 0 Å². The van der Waals surface area contributed by atoms with E-state index in [9.17, 15) is 4.79 Å². The largest absolute Gasteiger partial charge is 0.462 e. The highest BCUT2D eigenvalue weighted by atomic mass is 16.5. The molecule has 0 rings (SSSR count). The summed E-state index contributed by atoms with van der Waals surface area (Å²) in [6.45, 7) is 6.04. The van der Waals surface area contributed by atoms with Crippen molar-refractivity contribution in [2.24, 2.45) is 11.7 Å². The Morgan fingerprint density at radius 3 is 2.36 bits per heavy atom. The van der Waals surface area contributed by atoms with Gasteiger partial charge in [0.25, 0.3) is 0 Å². The Bertz CT molecular complexity index is 123. The zero-order valence-electron chi connectivity index (χ0n) is 7.46. The van der Waals surface area contributed by atoms with Crippen molar-refractivity contribution >= 4 is 5.97 Å². The van der Waals surface area contributed by atoms with Gasteiger partial charge in [0.05, 0.1) is 12.6 Å². The van der Waals surface area contributed by atoms with Gasteiger partial charge in [0.15, 0.2) is 0 Å². The van der Waals surface area contributed by atoms with Gasteiger partial charge in [0, 0.05) is 0 Å². The van der Waals surface area contributed by atoms with Crippen molar-refractivity contribution in [1.82, 2.24) is 0 Å². The van der Waals surface area contributed by atoms with Crippen molar-refractivity contribution in [3.05, 3.63) is 0 Å². The molecule has 11 heavy (non-hydrogen) atoms. The van der Waals surface area contributed by atoms with Gasteiger partial charge in [0.1, 0.15) is 0 Å². The maximum absolute atomic E-state index is 10.7. The van der Waals surface area contributed by atoms with Crippen LogP contribution in [0.5, 0.6) is 0 Å². The molecule has 0 saturated heterocycles. The van der Waals surface area contributed by atoms with Crippen LogP contribution in [0, 0.1) is 5.92 Å². The highest BCUT2D eigenvalue weighted by Gasteiger charge is 2.08. The van der Waals surface area contributed by atoms with E-state index in [-0.39, 0.29) is 18.6 Å². The highest BCUT2D eigenvalue weighted by Crippen LogP contribution is 2.06. The number of nitrogens with two attached hydrogens (primary N) is 1. The lowest BCUT2D eigenvalue weighted by atomic mass is 10.1. The third kappa shape index (κ3) is 5.85. The fraction of sp³-hybridized carbons (Fsp3) is 0.875. The van der Waals surface area contributed by atoms with Gasteiger partial charge >= 0.3 is 5.97 Å². The lowest BCUT2D eigenvalue weighted by Gasteiger charge is -2.14. The first kappa shape index (κ1) is 10.4. The molecule has 0 aliphatic heterocycles. The van der Waals surface area contributed by atoms with E-state index in [0.29, 0.717) is 5.92 Å². The van der Waals surface area contributed by atoms with Crippen LogP contribution in [0.3, 0.4) is 0 Å². The molecule has 0 aromatic carbocycles. The minimum Gasteiger partial charge on any atom is -0.462 e. The molecule has 0 heterocycles. The predicted octanol–water partition coefficient (Wildman–Crippen LogP) is 0.923. The Hall–Kier alpha value is -0.570. The molecule has 0 aliphatic rings.